The summed E-state index contributed by atoms with van der Waals surface area (Å²) in [6, 6.07) is 0. The van der Waals surface area contributed by atoms with E-state index in [1.54, 1.807) is 6.92 Å². The van der Waals surface area contributed by atoms with Crippen molar-refractivity contribution in [3.05, 3.63) is 17.0 Å². The maximum atomic E-state index is 10.5. The number of hydrogen-bond acceptors (Lipinski definition) is 3. The molecule has 0 unspecified atom stereocenters. The molecule has 5 nitrogen and oxygen atoms in total. The highest BCUT2D eigenvalue weighted by atomic mass is 16.4. The molecule has 1 rings (SSSR count). The quantitative estimate of drug-likeness (QED) is 0.593. The molecule has 0 spiro atoms. The van der Waals surface area contributed by atoms with Crippen LogP contribution in [0, 0.1) is 6.92 Å². The maximum Gasteiger partial charge on any atom is 0.356 e. The van der Waals surface area contributed by atoms with Gasteiger partial charge in [-0.25, -0.2) is 4.79 Å². The number of aromatic amines is 1. The minimum Gasteiger partial charge on any atom is -0.476 e. The van der Waals surface area contributed by atoms with Crippen LogP contribution in [0.1, 0.15) is 21.7 Å². The van der Waals surface area contributed by atoms with Crippen molar-refractivity contribution in [2.45, 2.75) is 13.3 Å². The van der Waals surface area contributed by atoms with Crippen molar-refractivity contribution in [2.24, 2.45) is 0 Å². The van der Waals surface area contributed by atoms with Gasteiger partial charge >= 0.3 is 5.97 Å². The molecule has 0 aliphatic carbocycles. The van der Waals surface area contributed by atoms with E-state index in [4.69, 9.17) is 10.2 Å². The molecule has 1 aromatic heterocycles. The number of carboxylic acids is 1. The fourth-order valence-corrected chi connectivity index (χ4v) is 1.05. The van der Waals surface area contributed by atoms with Gasteiger partial charge < -0.3 is 10.2 Å². The number of H-pyrrole nitrogens is 1. The zero-order valence-corrected chi connectivity index (χ0v) is 6.66. The number of carbonyl (C=O) groups is 1. The first kappa shape index (κ1) is 8.73. The highest BCUT2D eigenvalue weighted by molar-refractivity contribution is 5.87. The molecular formula is C7H10N2O3. The molecule has 0 aliphatic heterocycles. The molecule has 0 fully saturated rings. The number of rotatable bonds is 3. The van der Waals surface area contributed by atoms with Crippen molar-refractivity contribution in [1.82, 2.24) is 10.2 Å². The van der Waals surface area contributed by atoms with Crippen LogP contribution in [0.2, 0.25) is 0 Å². The first-order valence-electron chi connectivity index (χ1n) is 3.54. The van der Waals surface area contributed by atoms with Gasteiger partial charge in [0.25, 0.3) is 0 Å². The third kappa shape index (κ3) is 1.45. The molecule has 0 atom stereocenters. The SMILES string of the molecule is Cc1[nH]nc(C(=O)O)c1CCO. The van der Waals surface area contributed by atoms with Crippen molar-refractivity contribution < 1.29 is 15.0 Å². The summed E-state index contributed by atoms with van der Waals surface area (Å²) in [5.74, 6) is -1.07. The summed E-state index contributed by atoms with van der Waals surface area (Å²) in [6.07, 6.45) is 0.323. The van der Waals surface area contributed by atoms with Crippen LogP contribution >= 0.6 is 0 Å². The van der Waals surface area contributed by atoms with E-state index in [1.807, 2.05) is 0 Å². The lowest BCUT2D eigenvalue weighted by molar-refractivity contribution is 0.0689. The van der Waals surface area contributed by atoms with Gasteiger partial charge in [0.2, 0.25) is 0 Å². The topological polar surface area (TPSA) is 86.2 Å². The Bertz CT molecular complexity index is 293. The van der Waals surface area contributed by atoms with E-state index in [0.29, 0.717) is 17.7 Å². The second-order valence-corrected chi connectivity index (χ2v) is 2.45. The number of aryl methyl sites for hydroxylation is 1. The van der Waals surface area contributed by atoms with Gasteiger partial charge in [-0.3, -0.25) is 5.10 Å². The lowest BCUT2D eigenvalue weighted by atomic mass is 10.1. The summed E-state index contributed by atoms with van der Waals surface area (Å²) in [6.45, 7) is 1.66. The predicted octanol–water partition coefficient (Wildman–Crippen LogP) is -0.0489. The molecule has 0 radical (unpaired) electrons. The highest BCUT2D eigenvalue weighted by Crippen LogP contribution is 2.10. The molecule has 0 amide bonds. The molecule has 1 aromatic rings. The molecule has 0 saturated carbocycles. The number of nitrogens with one attached hydrogen (secondary N) is 1. The van der Waals surface area contributed by atoms with Crippen molar-refractivity contribution in [2.75, 3.05) is 6.61 Å². The van der Waals surface area contributed by atoms with Crippen molar-refractivity contribution in [3.8, 4) is 0 Å². The molecule has 66 valence electrons. The lowest BCUT2D eigenvalue weighted by Crippen LogP contribution is -2.03. The van der Waals surface area contributed by atoms with Gasteiger partial charge in [0.15, 0.2) is 5.69 Å². The first-order valence-corrected chi connectivity index (χ1v) is 3.54. The Kier molecular flexibility index (Phi) is 2.44. The van der Waals surface area contributed by atoms with Gasteiger partial charge in [0.05, 0.1) is 0 Å². The van der Waals surface area contributed by atoms with Crippen molar-refractivity contribution in [1.29, 1.82) is 0 Å². The number of aliphatic hydroxyl groups is 1. The van der Waals surface area contributed by atoms with Gasteiger partial charge in [-0.2, -0.15) is 5.10 Å². The summed E-state index contributed by atoms with van der Waals surface area (Å²) in [5.41, 5.74) is 1.27. The zero-order valence-electron chi connectivity index (χ0n) is 6.66. The van der Waals surface area contributed by atoms with Crippen molar-refractivity contribution in [3.63, 3.8) is 0 Å². The standard InChI is InChI=1S/C7H10N2O3/c1-4-5(2-3-10)6(7(11)12)9-8-4/h10H,2-3H2,1H3,(H,8,9)(H,11,12). The second-order valence-electron chi connectivity index (χ2n) is 2.45. The maximum absolute atomic E-state index is 10.5. The van der Waals surface area contributed by atoms with E-state index in [1.165, 1.54) is 0 Å². The van der Waals surface area contributed by atoms with Crippen LogP contribution in [-0.2, 0) is 6.42 Å². The smallest absolute Gasteiger partial charge is 0.356 e. The fourth-order valence-electron chi connectivity index (χ4n) is 1.05. The van der Waals surface area contributed by atoms with Crippen LogP contribution in [-0.4, -0.2) is 33.0 Å². The molecule has 1 heterocycles. The summed E-state index contributed by atoms with van der Waals surface area (Å²) < 4.78 is 0. The molecule has 0 aromatic carbocycles. The molecular weight excluding hydrogens is 160 g/mol. The Morgan fingerprint density at radius 3 is 2.83 bits per heavy atom. The number of aromatic carboxylic acids is 1. The van der Waals surface area contributed by atoms with E-state index < -0.39 is 5.97 Å². The number of nitrogens with zero attached hydrogens (tertiary/aromatic N) is 1. The number of hydrogen-bond donors (Lipinski definition) is 3. The average Bonchev–Trinajstić information content (AvgIpc) is 2.34. The van der Waals surface area contributed by atoms with Gasteiger partial charge in [-0.05, 0) is 13.3 Å². The third-order valence-corrected chi connectivity index (χ3v) is 1.64. The Morgan fingerprint density at radius 1 is 1.67 bits per heavy atom. The van der Waals surface area contributed by atoms with E-state index in [-0.39, 0.29) is 12.3 Å². The van der Waals surface area contributed by atoms with Gasteiger partial charge in [-0.15, -0.1) is 0 Å². The Labute approximate surface area is 69.0 Å². The Hall–Kier alpha value is -1.36. The van der Waals surface area contributed by atoms with Crippen LogP contribution in [0.4, 0.5) is 0 Å². The molecule has 3 N–H and O–H groups in total. The molecule has 12 heavy (non-hydrogen) atoms. The first-order chi connectivity index (χ1) is 5.66. The molecule has 0 aliphatic rings. The summed E-state index contributed by atoms with van der Waals surface area (Å²) >= 11 is 0. The third-order valence-electron chi connectivity index (χ3n) is 1.64. The van der Waals surface area contributed by atoms with E-state index in [9.17, 15) is 4.79 Å². The predicted molar refractivity (Wildman–Crippen MR) is 41.1 cm³/mol. The van der Waals surface area contributed by atoms with Gasteiger partial charge in [0.1, 0.15) is 0 Å². The van der Waals surface area contributed by atoms with Gasteiger partial charge in [0, 0.05) is 17.9 Å². The molecule has 5 heteroatoms. The average molecular weight is 170 g/mol. The Morgan fingerprint density at radius 2 is 2.33 bits per heavy atom. The number of aromatic nitrogens is 2. The fraction of sp³-hybridized carbons (Fsp3) is 0.429. The van der Waals surface area contributed by atoms with E-state index in [2.05, 4.69) is 10.2 Å². The summed E-state index contributed by atoms with van der Waals surface area (Å²) in [5, 5.41) is 23.4. The van der Waals surface area contributed by atoms with E-state index in [0.717, 1.165) is 0 Å². The van der Waals surface area contributed by atoms with Crippen LogP contribution < -0.4 is 0 Å². The van der Waals surface area contributed by atoms with Crippen molar-refractivity contribution >= 4 is 5.97 Å². The largest absolute Gasteiger partial charge is 0.476 e. The molecule has 0 bridgehead atoms. The van der Waals surface area contributed by atoms with Crippen LogP contribution in [0.5, 0.6) is 0 Å². The highest BCUT2D eigenvalue weighted by Gasteiger charge is 2.15. The normalized spacial score (nSPS) is 10.2. The second kappa shape index (κ2) is 3.36. The van der Waals surface area contributed by atoms with Gasteiger partial charge in [-0.1, -0.05) is 0 Å². The Balaban J connectivity index is 3.03. The number of aliphatic hydroxyl groups excluding tert-OH is 1. The number of carboxylic acid groups (broad SMARTS) is 1. The summed E-state index contributed by atoms with van der Waals surface area (Å²) in [4.78, 5) is 10.5. The monoisotopic (exact) mass is 170 g/mol. The lowest BCUT2D eigenvalue weighted by Gasteiger charge is -1.95. The van der Waals surface area contributed by atoms with Crippen LogP contribution in [0.15, 0.2) is 0 Å². The van der Waals surface area contributed by atoms with Crippen LogP contribution in [0.3, 0.4) is 0 Å². The minimum absolute atomic E-state index is 0.00144. The van der Waals surface area contributed by atoms with Crippen LogP contribution in [0.25, 0.3) is 0 Å². The zero-order chi connectivity index (χ0) is 9.14. The van der Waals surface area contributed by atoms with E-state index >= 15 is 0 Å². The summed E-state index contributed by atoms with van der Waals surface area (Å²) in [7, 11) is 0. The minimum atomic E-state index is -1.07. The molecule has 0 saturated heterocycles.